The highest BCUT2D eigenvalue weighted by atomic mass is 15.2. The van der Waals surface area contributed by atoms with Crippen molar-refractivity contribution in [3.63, 3.8) is 0 Å². The number of nitrogens with one attached hydrogen (secondary N) is 1. The fourth-order valence-corrected chi connectivity index (χ4v) is 3.08. The van der Waals surface area contributed by atoms with Crippen LogP contribution in [0.25, 0.3) is 0 Å². The largest absolute Gasteiger partial charge is 0.388 e. The first-order valence-electron chi connectivity index (χ1n) is 5.73. The van der Waals surface area contributed by atoms with Crippen molar-refractivity contribution in [2.24, 2.45) is 17.6 Å². The average molecular weight is 195 g/mol. The lowest BCUT2D eigenvalue weighted by Crippen LogP contribution is -2.34. The smallest absolute Gasteiger partial charge is 0.0920 e. The molecule has 1 aliphatic heterocycles. The number of nitrogens with zero attached hydrogens (tertiary/aromatic N) is 1. The molecule has 80 valence electrons. The Morgan fingerprint density at radius 2 is 2.00 bits per heavy atom. The molecule has 1 aliphatic carbocycles. The molecule has 3 N–H and O–H groups in total. The van der Waals surface area contributed by atoms with Crippen molar-refractivity contribution < 1.29 is 0 Å². The zero-order valence-electron chi connectivity index (χ0n) is 9.00. The summed E-state index contributed by atoms with van der Waals surface area (Å²) >= 11 is 0. The fourth-order valence-electron chi connectivity index (χ4n) is 3.08. The van der Waals surface area contributed by atoms with E-state index in [-0.39, 0.29) is 0 Å². The van der Waals surface area contributed by atoms with Crippen LogP contribution in [-0.2, 0) is 0 Å². The minimum absolute atomic E-state index is 0.328. The molecule has 1 saturated carbocycles. The van der Waals surface area contributed by atoms with Gasteiger partial charge in [0.05, 0.1) is 5.84 Å². The molecular formula is C11H21N3. The van der Waals surface area contributed by atoms with Crippen LogP contribution in [0.15, 0.2) is 0 Å². The number of nitrogens with two attached hydrogens (primary N) is 1. The van der Waals surface area contributed by atoms with Gasteiger partial charge in [-0.25, -0.2) is 0 Å². The monoisotopic (exact) mass is 195 g/mol. The number of hydrogen-bond acceptors (Lipinski definition) is 2. The van der Waals surface area contributed by atoms with Gasteiger partial charge >= 0.3 is 0 Å². The molecule has 3 heteroatoms. The van der Waals surface area contributed by atoms with E-state index >= 15 is 0 Å². The third kappa shape index (κ3) is 1.92. The van der Waals surface area contributed by atoms with E-state index in [1.807, 2.05) is 0 Å². The first-order valence-corrected chi connectivity index (χ1v) is 5.73. The Labute approximate surface area is 86.2 Å². The lowest BCUT2D eigenvalue weighted by molar-refractivity contribution is 0.244. The van der Waals surface area contributed by atoms with E-state index in [4.69, 9.17) is 11.1 Å². The van der Waals surface area contributed by atoms with Crippen LogP contribution >= 0.6 is 0 Å². The second kappa shape index (κ2) is 3.89. The number of likely N-dealkylation sites (tertiary alicyclic amines) is 1. The Balaban J connectivity index is 1.86. The molecule has 2 fully saturated rings. The highest BCUT2D eigenvalue weighted by molar-refractivity contribution is 5.77. The summed E-state index contributed by atoms with van der Waals surface area (Å²) in [5.74, 6) is 2.23. The molecule has 1 heterocycles. The van der Waals surface area contributed by atoms with Gasteiger partial charge in [0.1, 0.15) is 0 Å². The van der Waals surface area contributed by atoms with Crippen LogP contribution in [0.4, 0.5) is 0 Å². The lowest BCUT2D eigenvalue weighted by Gasteiger charge is -2.24. The van der Waals surface area contributed by atoms with Crippen molar-refractivity contribution in [3.05, 3.63) is 0 Å². The van der Waals surface area contributed by atoms with Gasteiger partial charge < -0.3 is 5.73 Å². The number of hydrogen-bond donors (Lipinski definition) is 2. The van der Waals surface area contributed by atoms with E-state index in [9.17, 15) is 0 Å². The Hall–Kier alpha value is -0.570. The fraction of sp³-hybridized carbons (Fsp3) is 0.909. The van der Waals surface area contributed by atoms with Gasteiger partial charge in [-0.05, 0) is 31.6 Å². The third-order valence-electron chi connectivity index (χ3n) is 3.89. The van der Waals surface area contributed by atoms with E-state index in [0.29, 0.717) is 11.9 Å². The van der Waals surface area contributed by atoms with Gasteiger partial charge in [-0.2, -0.15) is 0 Å². The SMILES string of the molecule is CC(CC(=N)N)N1CC2CCCC2C1. The maximum atomic E-state index is 7.30. The van der Waals surface area contributed by atoms with Crippen LogP contribution < -0.4 is 5.73 Å². The normalized spacial score (nSPS) is 34.4. The third-order valence-corrected chi connectivity index (χ3v) is 3.89. The maximum absolute atomic E-state index is 7.30. The van der Waals surface area contributed by atoms with E-state index in [0.717, 1.165) is 18.3 Å². The van der Waals surface area contributed by atoms with Crippen molar-refractivity contribution in [1.82, 2.24) is 4.90 Å². The Morgan fingerprint density at radius 3 is 2.50 bits per heavy atom. The summed E-state index contributed by atoms with van der Waals surface area (Å²) in [4.78, 5) is 2.52. The molecule has 0 aromatic carbocycles. The minimum Gasteiger partial charge on any atom is -0.388 e. The summed E-state index contributed by atoms with van der Waals surface area (Å²) in [6.45, 7) is 4.70. The van der Waals surface area contributed by atoms with Gasteiger partial charge in [0.2, 0.25) is 0 Å². The molecule has 0 aromatic rings. The van der Waals surface area contributed by atoms with Gasteiger partial charge in [0.15, 0.2) is 0 Å². The van der Waals surface area contributed by atoms with E-state index in [2.05, 4.69) is 11.8 Å². The average Bonchev–Trinajstić information content (AvgIpc) is 2.58. The molecule has 2 aliphatic rings. The van der Waals surface area contributed by atoms with Gasteiger partial charge in [-0.15, -0.1) is 0 Å². The summed E-state index contributed by atoms with van der Waals surface area (Å²) in [7, 11) is 0. The molecule has 0 bridgehead atoms. The first-order chi connectivity index (χ1) is 6.66. The van der Waals surface area contributed by atoms with Crippen LogP contribution in [0.5, 0.6) is 0 Å². The molecule has 3 atom stereocenters. The molecule has 2 rings (SSSR count). The predicted molar refractivity (Wildman–Crippen MR) is 58.4 cm³/mol. The molecular weight excluding hydrogens is 174 g/mol. The van der Waals surface area contributed by atoms with Crippen molar-refractivity contribution in [2.45, 2.75) is 38.6 Å². The van der Waals surface area contributed by atoms with Gasteiger partial charge in [-0.1, -0.05) is 6.42 Å². The van der Waals surface area contributed by atoms with E-state index in [1.165, 1.54) is 32.4 Å². The van der Waals surface area contributed by atoms with Gasteiger partial charge in [0, 0.05) is 25.6 Å². The Morgan fingerprint density at radius 1 is 1.43 bits per heavy atom. The van der Waals surface area contributed by atoms with Crippen LogP contribution in [0.3, 0.4) is 0 Å². The second-order valence-corrected chi connectivity index (χ2v) is 4.98. The summed E-state index contributed by atoms with van der Waals surface area (Å²) < 4.78 is 0. The van der Waals surface area contributed by atoms with Gasteiger partial charge in [0.25, 0.3) is 0 Å². The van der Waals surface area contributed by atoms with Crippen molar-refractivity contribution in [1.29, 1.82) is 5.41 Å². The predicted octanol–water partition coefficient (Wildman–Crippen LogP) is 1.43. The summed E-state index contributed by atoms with van der Waals surface area (Å²) in [6, 6.07) is 0.470. The zero-order valence-corrected chi connectivity index (χ0v) is 9.00. The number of rotatable bonds is 3. The molecule has 14 heavy (non-hydrogen) atoms. The highest BCUT2D eigenvalue weighted by Gasteiger charge is 2.37. The quantitative estimate of drug-likeness (QED) is 0.529. The van der Waals surface area contributed by atoms with Crippen LogP contribution in [-0.4, -0.2) is 29.9 Å². The van der Waals surface area contributed by atoms with Crippen LogP contribution in [0, 0.1) is 17.2 Å². The molecule has 3 nitrogen and oxygen atoms in total. The summed E-state index contributed by atoms with van der Waals surface area (Å²) in [5, 5.41) is 7.30. The molecule has 0 spiro atoms. The van der Waals surface area contributed by atoms with Crippen LogP contribution in [0.1, 0.15) is 32.6 Å². The molecule has 0 aromatic heterocycles. The Bertz CT molecular complexity index is 215. The van der Waals surface area contributed by atoms with Crippen molar-refractivity contribution in [3.8, 4) is 0 Å². The van der Waals surface area contributed by atoms with Crippen LogP contribution in [0.2, 0.25) is 0 Å². The number of fused-ring (bicyclic) bond motifs is 1. The number of amidine groups is 1. The zero-order chi connectivity index (χ0) is 10.1. The van der Waals surface area contributed by atoms with Crippen molar-refractivity contribution in [2.75, 3.05) is 13.1 Å². The molecule has 3 unspecified atom stereocenters. The maximum Gasteiger partial charge on any atom is 0.0920 e. The van der Waals surface area contributed by atoms with Gasteiger partial charge in [-0.3, -0.25) is 10.3 Å². The summed E-state index contributed by atoms with van der Waals surface area (Å²) in [6.07, 6.45) is 5.02. The Kier molecular flexibility index (Phi) is 2.77. The second-order valence-electron chi connectivity index (χ2n) is 4.98. The first kappa shape index (κ1) is 9.97. The minimum atomic E-state index is 0.328. The molecule has 0 radical (unpaired) electrons. The van der Waals surface area contributed by atoms with E-state index in [1.54, 1.807) is 0 Å². The standard InChI is InChI=1S/C11H21N3/c1-8(5-11(12)13)14-6-9-3-2-4-10(9)7-14/h8-10H,2-7H2,1H3,(H3,12,13). The highest BCUT2D eigenvalue weighted by Crippen LogP contribution is 2.38. The topological polar surface area (TPSA) is 53.1 Å². The molecule has 0 amide bonds. The lowest BCUT2D eigenvalue weighted by atomic mass is 10.0. The van der Waals surface area contributed by atoms with Crippen molar-refractivity contribution >= 4 is 5.84 Å². The summed E-state index contributed by atoms with van der Waals surface area (Å²) in [5.41, 5.74) is 5.43. The molecule has 1 saturated heterocycles. The van der Waals surface area contributed by atoms with E-state index < -0.39 is 0 Å².